The minimum Gasteiger partial charge on any atom is -0.492 e. The molecule has 0 radical (unpaired) electrons. The summed E-state index contributed by atoms with van der Waals surface area (Å²) < 4.78 is 30.3. The Hall–Kier alpha value is -3.45. The van der Waals surface area contributed by atoms with E-state index >= 15 is 0 Å². The van der Waals surface area contributed by atoms with Crippen molar-refractivity contribution in [1.82, 2.24) is 0 Å². The van der Waals surface area contributed by atoms with Gasteiger partial charge in [-0.3, -0.25) is 0 Å². The zero-order valence-electron chi connectivity index (χ0n) is 14.0. The number of hydrogen-bond acceptors (Lipinski definition) is 6. The van der Waals surface area contributed by atoms with Crippen LogP contribution < -0.4 is 19.5 Å². The van der Waals surface area contributed by atoms with E-state index in [0.29, 0.717) is 18.0 Å². The van der Waals surface area contributed by atoms with Crippen LogP contribution in [0.2, 0.25) is 0 Å². The number of ether oxygens (including phenoxy) is 3. The maximum Gasteiger partial charge on any atom is 0.200 e. The van der Waals surface area contributed by atoms with Crippen molar-refractivity contribution in [1.29, 1.82) is 10.5 Å². The summed E-state index contributed by atoms with van der Waals surface area (Å²) in [5, 5.41) is 21.7. The van der Waals surface area contributed by atoms with Gasteiger partial charge in [-0.05, 0) is 19.1 Å². The standard InChI is InChI=1S/C18H16FN3O3/c1-4-25-14-8-6-5-7-13(14)22-16-12(10-21)11(9-20)15(19)17(23-2)18(16)24-3/h5-8,22H,4H2,1-3H3. The molecule has 1 N–H and O–H groups in total. The normalized spacial score (nSPS) is 9.68. The van der Waals surface area contributed by atoms with E-state index in [-0.39, 0.29) is 22.7 Å². The molecule has 0 aliphatic heterocycles. The third-order valence-corrected chi connectivity index (χ3v) is 3.43. The third-order valence-electron chi connectivity index (χ3n) is 3.43. The molecule has 0 bridgehead atoms. The predicted octanol–water partition coefficient (Wildman–Crippen LogP) is 3.73. The van der Waals surface area contributed by atoms with Crippen LogP contribution in [-0.2, 0) is 0 Å². The summed E-state index contributed by atoms with van der Waals surface area (Å²) in [4.78, 5) is 0. The second-order valence-electron chi connectivity index (χ2n) is 4.78. The fourth-order valence-electron chi connectivity index (χ4n) is 2.37. The van der Waals surface area contributed by atoms with E-state index in [9.17, 15) is 14.9 Å². The fraction of sp³-hybridized carbons (Fsp3) is 0.222. The van der Waals surface area contributed by atoms with E-state index in [2.05, 4.69) is 5.32 Å². The van der Waals surface area contributed by atoms with Crippen molar-refractivity contribution in [3.05, 3.63) is 41.2 Å². The molecule has 0 spiro atoms. The Bertz CT molecular complexity index is 869. The largest absolute Gasteiger partial charge is 0.492 e. The Morgan fingerprint density at radius 3 is 2.24 bits per heavy atom. The van der Waals surface area contributed by atoms with Crippen LogP contribution in [0, 0.1) is 28.5 Å². The summed E-state index contributed by atoms with van der Waals surface area (Å²) in [6.45, 7) is 2.28. The van der Waals surface area contributed by atoms with Crippen molar-refractivity contribution in [2.75, 3.05) is 26.1 Å². The summed E-state index contributed by atoms with van der Waals surface area (Å²) >= 11 is 0. The van der Waals surface area contributed by atoms with Gasteiger partial charge >= 0.3 is 0 Å². The lowest BCUT2D eigenvalue weighted by atomic mass is 10.0. The number of para-hydroxylation sites is 2. The fourth-order valence-corrected chi connectivity index (χ4v) is 2.37. The molecule has 128 valence electrons. The topological polar surface area (TPSA) is 87.3 Å². The second-order valence-corrected chi connectivity index (χ2v) is 4.78. The number of methoxy groups -OCH3 is 2. The van der Waals surface area contributed by atoms with E-state index in [1.54, 1.807) is 30.3 Å². The van der Waals surface area contributed by atoms with Crippen molar-refractivity contribution in [2.24, 2.45) is 0 Å². The SMILES string of the molecule is CCOc1ccccc1Nc1c(C#N)c(C#N)c(F)c(OC)c1OC. The quantitative estimate of drug-likeness (QED) is 0.861. The molecule has 0 fully saturated rings. The lowest BCUT2D eigenvalue weighted by Gasteiger charge is -2.19. The summed E-state index contributed by atoms with van der Waals surface area (Å²) in [5.41, 5.74) is 0.0733. The summed E-state index contributed by atoms with van der Waals surface area (Å²) in [6.07, 6.45) is 0. The number of nitriles is 2. The van der Waals surface area contributed by atoms with Crippen molar-refractivity contribution < 1.29 is 18.6 Å². The molecule has 0 aliphatic carbocycles. The number of nitrogens with zero attached hydrogens (tertiary/aromatic N) is 2. The number of rotatable bonds is 6. The predicted molar refractivity (Wildman–Crippen MR) is 89.8 cm³/mol. The monoisotopic (exact) mass is 341 g/mol. The Morgan fingerprint density at radius 2 is 1.68 bits per heavy atom. The van der Waals surface area contributed by atoms with Gasteiger partial charge in [0.1, 0.15) is 34.7 Å². The maximum absolute atomic E-state index is 14.5. The summed E-state index contributed by atoms with van der Waals surface area (Å²) in [7, 11) is 2.58. The van der Waals surface area contributed by atoms with E-state index in [1.807, 2.05) is 13.0 Å². The smallest absolute Gasteiger partial charge is 0.200 e. The van der Waals surface area contributed by atoms with Gasteiger partial charge in [-0.1, -0.05) is 12.1 Å². The van der Waals surface area contributed by atoms with Gasteiger partial charge in [0.05, 0.1) is 26.5 Å². The van der Waals surface area contributed by atoms with Crippen molar-refractivity contribution in [3.8, 4) is 29.4 Å². The third kappa shape index (κ3) is 3.26. The van der Waals surface area contributed by atoms with Crippen molar-refractivity contribution in [2.45, 2.75) is 6.92 Å². The molecular weight excluding hydrogens is 325 g/mol. The zero-order chi connectivity index (χ0) is 18.4. The van der Waals surface area contributed by atoms with Crippen LogP contribution >= 0.6 is 0 Å². The highest BCUT2D eigenvalue weighted by atomic mass is 19.1. The molecule has 0 aromatic heterocycles. The first kappa shape index (κ1) is 17.9. The van der Waals surface area contributed by atoms with Gasteiger partial charge in [0.25, 0.3) is 0 Å². The molecule has 2 aromatic rings. The van der Waals surface area contributed by atoms with Crippen LogP contribution in [0.5, 0.6) is 17.2 Å². The van der Waals surface area contributed by atoms with Crippen LogP contribution in [-0.4, -0.2) is 20.8 Å². The minimum absolute atomic E-state index is 0.0122. The Morgan fingerprint density at radius 1 is 1.04 bits per heavy atom. The molecule has 0 unspecified atom stereocenters. The molecule has 7 heteroatoms. The van der Waals surface area contributed by atoms with Crippen LogP contribution in [0.3, 0.4) is 0 Å². The molecule has 2 aromatic carbocycles. The Balaban J connectivity index is 2.73. The first-order chi connectivity index (χ1) is 12.1. The molecular formula is C18H16FN3O3. The van der Waals surface area contributed by atoms with E-state index in [1.165, 1.54) is 14.2 Å². The lowest BCUT2D eigenvalue weighted by molar-refractivity contribution is 0.337. The van der Waals surface area contributed by atoms with Crippen LogP contribution in [0.1, 0.15) is 18.1 Å². The number of anilines is 2. The molecule has 0 saturated heterocycles. The summed E-state index contributed by atoms with van der Waals surface area (Å²) in [6, 6.07) is 10.6. The van der Waals surface area contributed by atoms with Gasteiger partial charge < -0.3 is 19.5 Å². The summed E-state index contributed by atoms with van der Waals surface area (Å²) in [5.74, 6) is -0.670. The molecule has 0 atom stereocenters. The van der Waals surface area contributed by atoms with Crippen LogP contribution in [0.25, 0.3) is 0 Å². The molecule has 0 aliphatic rings. The second kappa shape index (κ2) is 7.89. The van der Waals surface area contributed by atoms with Crippen molar-refractivity contribution >= 4 is 11.4 Å². The first-order valence-electron chi connectivity index (χ1n) is 7.39. The maximum atomic E-state index is 14.5. The number of hydrogen-bond donors (Lipinski definition) is 1. The molecule has 25 heavy (non-hydrogen) atoms. The van der Waals surface area contributed by atoms with Gasteiger partial charge in [-0.25, -0.2) is 4.39 Å². The van der Waals surface area contributed by atoms with E-state index in [0.717, 1.165) is 0 Å². The first-order valence-corrected chi connectivity index (χ1v) is 7.39. The van der Waals surface area contributed by atoms with Gasteiger partial charge in [0, 0.05) is 0 Å². The van der Waals surface area contributed by atoms with Gasteiger partial charge in [-0.2, -0.15) is 10.5 Å². The zero-order valence-corrected chi connectivity index (χ0v) is 14.0. The van der Waals surface area contributed by atoms with Gasteiger partial charge in [0.15, 0.2) is 11.6 Å². The lowest BCUT2D eigenvalue weighted by Crippen LogP contribution is -2.06. The highest BCUT2D eigenvalue weighted by Crippen LogP contribution is 2.44. The Labute approximate surface area is 145 Å². The van der Waals surface area contributed by atoms with Crippen LogP contribution in [0.15, 0.2) is 24.3 Å². The van der Waals surface area contributed by atoms with Gasteiger partial charge in [0.2, 0.25) is 5.75 Å². The molecule has 2 rings (SSSR count). The number of benzene rings is 2. The van der Waals surface area contributed by atoms with Gasteiger partial charge in [-0.15, -0.1) is 0 Å². The average Bonchev–Trinajstić information content (AvgIpc) is 2.63. The van der Waals surface area contributed by atoms with E-state index in [4.69, 9.17) is 14.2 Å². The molecule has 0 saturated carbocycles. The van der Waals surface area contributed by atoms with Crippen LogP contribution in [0.4, 0.5) is 15.8 Å². The average molecular weight is 341 g/mol. The molecule has 0 amide bonds. The highest BCUT2D eigenvalue weighted by molar-refractivity contribution is 5.81. The molecule has 0 heterocycles. The number of nitrogens with one attached hydrogen (secondary N) is 1. The molecule has 6 nitrogen and oxygen atoms in total. The highest BCUT2D eigenvalue weighted by Gasteiger charge is 2.26. The van der Waals surface area contributed by atoms with Crippen molar-refractivity contribution in [3.63, 3.8) is 0 Å². The Kier molecular flexibility index (Phi) is 5.65. The minimum atomic E-state index is -0.943. The number of halogens is 1. The van der Waals surface area contributed by atoms with E-state index < -0.39 is 11.4 Å².